The fraction of sp³-hybridized carbons (Fsp3) is 0.333. The first-order valence-electron chi connectivity index (χ1n) is 6.15. The van der Waals surface area contributed by atoms with Crippen LogP contribution in [-0.4, -0.2) is 39.8 Å². The molecule has 1 unspecified atom stereocenters. The third-order valence-corrected chi connectivity index (χ3v) is 4.53. The lowest BCUT2D eigenvalue weighted by Gasteiger charge is -2.15. The second kappa shape index (κ2) is 4.71. The lowest BCUT2D eigenvalue weighted by Crippen LogP contribution is -2.31. The molecule has 0 spiro atoms. The largest absolute Gasteiger partial charge is 0.396 e. The van der Waals surface area contributed by atoms with Gasteiger partial charge in [0.05, 0.1) is 11.6 Å². The number of nitrogens with two attached hydrogens (primary N) is 2. The van der Waals surface area contributed by atoms with E-state index < -0.39 is 0 Å². The van der Waals surface area contributed by atoms with Crippen molar-refractivity contribution in [1.82, 2.24) is 14.9 Å². The van der Waals surface area contributed by atoms with Crippen LogP contribution < -0.4 is 11.5 Å². The van der Waals surface area contributed by atoms with Gasteiger partial charge in [-0.1, -0.05) is 0 Å². The molecule has 20 heavy (non-hydrogen) atoms. The molecule has 2 amide bonds. The van der Waals surface area contributed by atoms with Gasteiger partial charge in [-0.3, -0.25) is 9.59 Å². The summed E-state index contributed by atoms with van der Waals surface area (Å²) in [6.45, 7) is 0.865. The average Bonchev–Trinajstić information content (AvgIpc) is 3.04. The number of anilines is 1. The van der Waals surface area contributed by atoms with E-state index >= 15 is 0 Å². The molecule has 1 aliphatic heterocycles. The van der Waals surface area contributed by atoms with E-state index in [1.165, 1.54) is 11.3 Å². The number of carbonyl (C=O) groups is 2. The fourth-order valence-corrected chi connectivity index (χ4v) is 3.31. The number of hydrogen-bond donors (Lipinski definition) is 2. The highest BCUT2D eigenvalue weighted by atomic mass is 32.1. The molecule has 1 saturated heterocycles. The van der Waals surface area contributed by atoms with E-state index in [0.717, 1.165) is 0 Å². The molecule has 3 heterocycles. The van der Waals surface area contributed by atoms with Crippen LogP contribution in [0.15, 0.2) is 12.4 Å². The van der Waals surface area contributed by atoms with Crippen molar-refractivity contribution in [2.45, 2.75) is 6.42 Å². The summed E-state index contributed by atoms with van der Waals surface area (Å²) in [4.78, 5) is 34.6. The van der Waals surface area contributed by atoms with Crippen LogP contribution in [-0.2, 0) is 4.79 Å². The van der Waals surface area contributed by atoms with E-state index in [4.69, 9.17) is 11.5 Å². The molecule has 1 fully saturated rings. The molecule has 1 atom stereocenters. The van der Waals surface area contributed by atoms with Crippen molar-refractivity contribution in [3.8, 4) is 0 Å². The number of amides is 2. The minimum atomic E-state index is -0.368. The van der Waals surface area contributed by atoms with Crippen molar-refractivity contribution < 1.29 is 9.59 Å². The highest BCUT2D eigenvalue weighted by Crippen LogP contribution is 2.32. The van der Waals surface area contributed by atoms with Crippen molar-refractivity contribution in [1.29, 1.82) is 0 Å². The van der Waals surface area contributed by atoms with Crippen molar-refractivity contribution in [3.05, 3.63) is 17.3 Å². The molecule has 1 aliphatic rings. The smallest absolute Gasteiger partial charge is 0.266 e. The van der Waals surface area contributed by atoms with Gasteiger partial charge in [0.2, 0.25) is 5.91 Å². The summed E-state index contributed by atoms with van der Waals surface area (Å²) in [5, 5.41) is 0. The predicted molar refractivity (Wildman–Crippen MR) is 75.0 cm³/mol. The number of aromatic nitrogens is 2. The fourth-order valence-electron chi connectivity index (χ4n) is 2.32. The van der Waals surface area contributed by atoms with Crippen molar-refractivity contribution in [3.63, 3.8) is 0 Å². The Balaban J connectivity index is 1.90. The molecular weight excluding hydrogens is 278 g/mol. The molecule has 2 aromatic heterocycles. The summed E-state index contributed by atoms with van der Waals surface area (Å²) in [7, 11) is 0. The normalized spacial score (nSPS) is 18.6. The maximum atomic E-state index is 12.5. The Bertz CT molecular complexity index is 698. The van der Waals surface area contributed by atoms with Gasteiger partial charge in [0.1, 0.15) is 15.2 Å². The Morgan fingerprint density at radius 2 is 2.10 bits per heavy atom. The van der Waals surface area contributed by atoms with E-state index in [2.05, 4.69) is 9.97 Å². The maximum Gasteiger partial charge on any atom is 0.266 e. The SMILES string of the molecule is NC(=O)C1CCN(C(=O)c2sc3nccnc3c2N)C1. The highest BCUT2D eigenvalue weighted by Gasteiger charge is 2.32. The molecule has 4 N–H and O–H groups in total. The van der Waals surface area contributed by atoms with Gasteiger partial charge in [-0.25, -0.2) is 9.97 Å². The Labute approximate surface area is 118 Å². The van der Waals surface area contributed by atoms with Crippen LogP contribution in [0.1, 0.15) is 16.1 Å². The topological polar surface area (TPSA) is 115 Å². The number of nitrogens with zero attached hydrogens (tertiary/aromatic N) is 3. The van der Waals surface area contributed by atoms with Crippen LogP contribution in [0.5, 0.6) is 0 Å². The lowest BCUT2D eigenvalue weighted by atomic mass is 10.1. The van der Waals surface area contributed by atoms with Crippen LogP contribution in [0.25, 0.3) is 10.3 Å². The first kappa shape index (κ1) is 12.8. The van der Waals surface area contributed by atoms with Crippen molar-refractivity contribution in [2.75, 3.05) is 18.8 Å². The van der Waals surface area contributed by atoms with Crippen molar-refractivity contribution >= 4 is 39.2 Å². The van der Waals surface area contributed by atoms with Crippen LogP contribution in [0.2, 0.25) is 0 Å². The van der Waals surface area contributed by atoms with E-state index in [9.17, 15) is 9.59 Å². The Morgan fingerprint density at radius 1 is 1.35 bits per heavy atom. The van der Waals surface area contributed by atoms with Crippen LogP contribution in [0.4, 0.5) is 5.69 Å². The van der Waals surface area contributed by atoms with Crippen LogP contribution in [0, 0.1) is 5.92 Å². The van der Waals surface area contributed by atoms with Gasteiger partial charge in [0, 0.05) is 25.5 Å². The standard InChI is InChI=1S/C12H13N5O2S/c13-7-8-11(16-3-2-15-8)20-9(7)12(19)17-4-1-6(5-17)10(14)18/h2-3,6H,1,4-5,13H2,(H2,14,18). The van der Waals surface area contributed by atoms with Crippen LogP contribution >= 0.6 is 11.3 Å². The molecule has 3 rings (SSSR count). The number of thiophene rings is 1. The van der Waals surface area contributed by atoms with E-state index in [1.807, 2.05) is 0 Å². The number of carbonyl (C=O) groups excluding carboxylic acids is 2. The monoisotopic (exact) mass is 291 g/mol. The molecule has 0 radical (unpaired) electrons. The Kier molecular flexibility index (Phi) is 3.01. The zero-order chi connectivity index (χ0) is 14.3. The average molecular weight is 291 g/mol. The van der Waals surface area contributed by atoms with Gasteiger partial charge in [-0.05, 0) is 6.42 Å². The van der Waals surface area contributed by atoms with Gasteiger partial charge in [0.25, 0.3) is 5.91 Å². The zero-order valence-electron chi connectivity index (χ0n) is 10.6. The molecule has 0 aliphatic carbocycles. The lowest BCUT2D eigenvalue weighted by molar-refractivity contribution is -0.121. The van der Waals surface area contributed by atoms with E-state index in [0.29, 0.717) is 40.4 Å². The summed E-state index contributed by atoms with van der Waals surface area (Å²) >= 11 is 1.22. The van der Waals surface area contributed by atoms with Crippen LogP contribution in [0.3, 0.4) is 0 Å². The van der Waals surface area contributed by atoms with Gasteiger partial charge < -0.3 is 16.4 Å². The number of likely N-dealkylation sites (tertiary alicyclic amines) is 1. The molecule has 8 heteroatoms. The summed E-state index contributed by atoms with van der Waals surface area (Å²) < 4.78 is 0. The Hall–Kier alpha value is -2.22. The third kappa shape index (κ3) is 1.97. The molecular formula is C12H13N5O2S. The summed E-state index contributed by atoms with van der Waals surface area (Å²) in [6, 6.07) is 0. The second-order valence-corrected chi connectivity index (χ2v) is 5.69. The number of primary amides is 1. The highest BCUT2D eigenvalue weighted by molar-refractivity contribution is 7.21. The van der Waals surface area contributed by atoms with Gasteiger partial charge in [-0.2, -0.15) is 0 Å². The third-order valence-electron chi connectivity index (χ3n) is 3.44. The first-order valence-corrected chi connectivity index (χ1v) is 6.97. The molecule has 7 nitrogen and oxygen atoms in total. The summed E-state index contributed by atoms with van der Waals surface area (Å²) in [5.74, 6) is -0.824. The predicted octanol–water partition coefficient (Wildman–Crippen LogP) is 0.221. The quantitative estimate of drug-likeness (QED) is 0.821. The maximum absolute atomic E-state index is 12.5. The summed E-state index contributed by atoms with van der Waals surface area (Å²) in [6.07, 6.45) is 3.70. The zero-order valence-corrected chi connectivity index (χ0v) is 11.4. The molecule has 0 aromatic carbocycles. The second-order valence-electron chi connectivity index (χ2n) is 4.69. The van der Waals surface area contributed by atoms with E-state index in [-0.39, 0.29) is 17.7 Å². The van der Waals surface area contributed by atoms with Gasteiger partial charge in [-0.15, -0.1) is 11.3 Å². The molecule has 0 saturated carbocycles. The Morgan fingerprint density at radius 3 is 2.75 bits per heavy atom. The summed E-state index contributed by atoms with van der Waals surface area (Å²) in [5.41, 5.74) is 12.1. The number of nitrogen functional groups attached to an aromatic ring is 1. The van der Waals surface area contributed by atoms with Crippen molar-refractivity contribution in [2.24, 2.45) is 11.7 Å². The van der Waals surface area contributed by atoms with Gasteiger partial charge >= 0.3 is 0 Å². The van der Waals surface area contributed by atoms with Gasteiger partial charge in [0.15, 0.2) is 0 Å². The number of hydrogen-bond acceptors (Lipinski definition) is 6. The molecule has 104 valence electrons. The molecule has 2 aromatic rings. The first-order chi connectivity index (χ1) is 9.58. The number of fused-ring (bicyclic) bond motifs is 1. The molecule has 0 bridgehead atoms. The number of rotatable bonds is 2. The minimum Gasteiger partial charge on any atom is -0.396 e. The minimum absolute atomic E-state index is 0.184. The van der Waals surface area contributed by atoms with E-state index in [1.54, 1.807) is 17.3 Å².